The first kappa shape index (κ1) is 14.0. The average molecular weight is 283 g/mol. The number of hydrogen-bond donors (Lipinski definition) is 1. The van der Waals surface area contributed by atoms with Gasteiger partial charge in [-0.1, -0.05) is 0 Å². The SMILES string of the molecule is CS(=O)(=O)N1CCCC(c2ccc(C(N)=O)cn2)C1. The van der Waals surface area contributed by atoms with Crippen molar-refractivity contribution < 1.29 is 13.2 Å². The topological polar surface area (TPSA) is 93.4 Å². The lowest BCUT2D eigenvalue weighted by Gasteiger charge is -2.30. The van der Waals surface area contributed by atoms with Crippen molar-refractivity contribution in [3.05, 3.63) is 29.6 Å². The van der Waals surface area contributed by atoms with Crippen molar-refractivity contribution in [3.63, 3.8) is 0 Å². The highest BCUT2D eigenvalue weighted by Gasteiger charge is 2.27. The number of amides is 1. The molecule has 1 unspecified atom stereocenters. The van der Waals surface area contributed by atoms with Gasteiger partial charge in [-0.3, -0.25) is 9.78 Å². The monoisotopic (exact) mass is 283 g/mol. The van der Waals surface area contributed by atoms with E-state index in [2.05, 4.69) is 4.98 Å². The van der Waals surface area contributed by atoms with Crippen molar-refractivity contribution in [3.8, 4) is 0 Å². The van der Waals surface area contributed by atoms with Gasteiger partial charge in [0.15, 0.2) is 0 Å². The summed E-state index contributed by atoms with van der Waals surface area (Å²) in [4.78, 5) is 15.2. The maximum atomic E-state index is 11.6. The van der Waals surface area contributed by atoms with Gasteiger partial charge in [-0.2, -0.15) is 0 Å². The van der Waals surface area contributed by atoms with Gasteiger partial charge < -0.3 is 5.73 Å². The Bertz CT molecular complexity index is 568. The maximum Gasteiger partial charge on any atom is 0.250 e. The number of sulfonamides is 1. The molecule has 0 bridgehead atoms. The Labute approximate surface area is 112 Å². The van der Waals surface area contributed by atoms with Gasteiger partial charge in [0.1, 0.15) is 0 Å². The van der Waals surface area contributed by atoms with Crippen LogP contribution in [-0.2, 0) is 10.0 Å². The molecule has 1 atom stereocenters. The van der Waals surface area contributed by atoms with Gasteiger partial charge in [0, 0.05) is 30.9 Å². The molecule has 1 aliphatic rings. The molecule has 1 fully saturated rings. The first-order valence-electron chi connectivity index (χ1n) is 6.09. The van der Waals surface area contributed by atoms with Crippen LogP contribution in [0.25, 0.3) is 0 Å². The van der Waals surface area contributed by atoms with Gasteiger partial charge in [0.05, 0.1) is 11.8 Å². The van der Waals surface area contributed by atoms with Gasteiger partial charge >= 0.3 is 0 Å². The molecule has 1 aliphatic heterocycles. The Morgan fingerprint density at radius 2 is 2.21 bits per heavy atom. The molecule has 2 rings (SSSR count). The molecule has 0 aliphatic carbocycles. The molecule has 0 aromatic carbocycles. The quantitative estimate of drug-likeness (QED) is 0.864. The molecular weight excluding hydrogens is 266 g/mol. The fourth-order valence-corrected chi connectivity index (χ4v) is 3.19. The molecule has 6 nitrogen and oxygen atoms in total. The summed E-state index contributed by atoms with van der Waals surface area (Å²) in [5.41, 5.74) is 6.32. The predicted octanol–water partition coefficient (Wildman–Crippen LogP) is 0.320. The molecule has 0 radical (unpaired) electrons. The van der Waals surface area contributed by atoms with E-state index in [1.54, 1.807) is 12.1 Å². The first-order chi connectivity index (χ1) is 8.88. The van der Waals surface area contributed by atoms with Crippen LogP contribution in [0, 0.1) is 0 Å². The van der Waals surface area contributed by atoms with E-state index in [1.807, 2.05) is 0 Å². The van der Waals surface area contributed by atoms with Crippen LogP contribution in [0.4, 0.5) is 0 Å². The summed E-state index contributed by atoms with van der Waals surface area (Å²) < 4.78 is 24.6. The van der Waals surface area contributed by atoms with Crippen LogP contribution in [-0.4, -0.2) is 43.0 Å². The second-order valence-corrected chi connectivity index (χ2v) is 6.78. The summed E-state index contributed by atoms with van der Waals surface area (Å²) in [5.74, 6) is -0.439. The van der Waals surface area contributed by atoms with Crippen molar-refractivity contribution in [2.45, 2.75) is 18.8 Å². The fourth-order valence-electron chi connectivity index (χ4n) is 2.28. The number of carbonyl (C=O) groups is 1. The number of rotatable bonds is 3. The van der Waals surface area contributed by atoms with E-state index in [0.29, 0.717) is 18.7 Å². The third kappa shape index (κ3) is 3.30. The van der Waals surface area contributed by atoms with E-state index in [9.17, 15) is 13.2 Å². The molecule has 1 aromatic heterocycles. The van der Waals surface area contributed by atoms with Crippen LogP contribution in [0.5, 0.6) is 0 Å². The molecule has 104 valence electrons. The van der Waals surface area contributed by atoms with E-state index in [-0.39, 0.29) is 5.92 Å². The zero-order valence-electron chi connectivity index (χ0n) is 10.7. The van der Waals surface area contributed by atoms with Gasteiger partial charge in [-0.15, -0.1) is 0 Å². The minimum absolute atomic E-state index is 0.0744. The number of primary amides is 1. The lowest BCUT2D eigenvalue weighted by Crippen LogP contribution is -2.38. The Balaban J connectivity index is 2.15. The number of carbonyl (C=O) groups excluding carboxylic acids is 1. The summed E-state index contributed by atoms with van der Waals surface area (Å²) in [6.07, 6.45) is 4.38. The Morgan fingerprint density at radius 3 is 2.74 bits per heavy atom. The molecule has 1 saturated heterocycles. The summed E-state index contributed by atoms with van der Waals surface area (Å²) in [5, 5.41) is 0. The Morgan fingerprint density at radius 1 is 1.47 bits per heavy atom. The van der Waals surface area contributed by atoms with Crippen LogP contribution in [0.2, 0.25) is 0 Å². The highest BCUT2D eigenvalue weighted by atomic mass is 32.2. The molecular formula is C12H17N3O3S. The van der Waals surface area contributed by atoms with Crippen LogP contribution >= 0.6 is 0 Å². The molecule has 2 N–H and O–H groups in total. The normalized spacial score (nSPS) is 21.2. The third-order valence-corrected chi connectivity index (χ3v) is 4.61. The zero-order valence-corrected chi connectivity index (χ0v) is 11.6. The van der Waals surface area contributed by atoms with Crippen molar-refractivity contribution >= 4 is 15.9 Å². The summed E-state index contributed by atoms with van der Waals surface area (Å²) >= 11 is 0. The largest absolute Gasteiger partial charge is 0.366 e. The number of hydrogen-bond acceptors (Lipinski definition) is 4. The highest BCUT2D eigenvalue weighted by Crippen LogP contribution is 2.26. The second-order valence-electron chi connectivity index (χ2n) is 4.80. The average Bonchev–Trinajstić information content (AvgIpc) is 2.38. The molecule has 7 heteroatoms. The standard InChI is InChI=1S/C12H17N3O3S/c1-19(17,18)15-6-2-3-10(8-15)11-5-4-9(7-14-11)12(13)16/h4-5,7,10H,2-3,6,8H2,1H3,(H2,13,16). The van der Waals surface area contributed by atoms with Gasteiger partial charge in [-0.25, -0.2) is 12.7 Å². The van der Waals surface area contributed by atoms with E-state index in [0.717, 1.165) is 18.5 Å². The molecule has 0 saturated carbocycles. The Kier molecular flexibility index (Phi) is 3.86. The van der Waals surface area contributed by atoms with Crippen molar-refractivity contribution in [2.75, 3.05) is 19.3 Å². The minimum atomic E-state index is -3.16. The summed E-state index contributed by atoms with van der Waals surface area (Å²) in [6.45, 7) is 1.01. The van der Waals surface area contributed by atoms with E-state index in [1.165, 1.54) is 16.8 Å². The number of nitrogens with two attached hydrogens (primary N) is 1. The lowest BCUT2D eigenvalue weighted by atomic mass is 9.95. The van der Waals surface area contributed by atoms with E-state index < -0.39 is 15.9 Å². The summed E-state index contributed by atoms with van der Waals surface area (Å²) in [6, 6.07) is 3.38. The summed E-state index contributed by atoms with van der Waals surface area (Å²) in [7, 11) is -3.16. The molecule has 0 spiro atoms. The second kappa shape index (κ2) is 5.26. The number of nitrogens with zero attached hydrogens (tertiary/aromatic N) is 2. The molecule has 1 aromatic rings. The fraction of sp³-hybridized carbons (Fsp3) is 0.500. The third-order valence-electron chi connectivity index (χ3n) is 3.34. The minimum Gasteiger partial charge on any atom is -0.366 e. The van der Waals surface area contributed by atoms with Crippen LogP contribution in [0.1, 0.15) is 34.8 Å². The maximum absolute atomic E-state index is 11.6. The van der Waals surface area contributed by atoms with Crippen LogP contribution in [0.3, 0.4) is 0 Å². The lowest BCUT2D eigenvalue weighted by molar-refractivity contribution is 0.1000. The van der Waals surface area contributed by atoms with E-state index in [4.69, 9.17) is 5.73 Å². The molecule has 1 amide bonds. The van der Waals surface area contributed by atoms with Crippen molar-refractivity contribution in [2.24, 2.45) is 5.73 Å². The van der Waals surface area contributed by atoms with E-state index >= 15 is 0 Å². The molecule has 19 heavy (non-hydrogen) atoms. The van der Waals surface area contributed by atoms with Crippen LogP contribution in [0.15, 0.2) is 18.3 Å². The van der Waals surface area contributed by atoms with Gasteiger partial charge in [-0.05, 0) is 25.0 Å². The van der Waals surface area contributed by atoms with Crippen molar-refractivity contribution in [1.29, 1.82) is 0 Å². The Hall–Kier alpha value is -1.47. The smallest absolute Gasteiger partial charge is 0.250 e. The zero-order chi connectivity index (χ0) is 14.0. The number of pyridine rings is 1. The number of piperidine rings is 1. The number of aromatic nitrogens is 1. The highest BCUT2D eigenvalue weighted by molar-refractivity contribution is 7.88. The van der Waals surface area contributed by atoms with Crippen molar-refractivity contribution in [1.82, 2.24) is 9.29 Å². The molecule has 2 heterocycles. The van der Waals surface area contributed by atoms with Gasteiger partial charge in [0.2, 0.25) is 15.9 Å². The first-order valence-corrected chi connectivity index (χ1v) is 7.93. The van der Waals surface area contributed by atoms with Crippen LogP contribution < -0.4 is 5.73 Å². The van der Waals surface area contributed by atoms with Gasteiger partial charge in [0.25, 0.3) is 0 Å². The predicted molar refractivity (Wildman–Crippen MR) is 71.1 cm³/mol.